The van der Waals surface area contributed by atoms with Crippen molar-refractivity contribution in [3.63, 3.8) is 0 Å². The fourth-order valence-corrected chi connectivity index (χ4v) is 3.44. The molecule has 3 nitrogen and oxygen atoms in total. The molecule has 112 valence electrons. The molecule has 1 saturated carbocycles. The fraction of sp³-hybridized carbons (Fsp3) is 0.556. The molecular weight excluding hydrogens is 262 g/mol. The van der Waals surface area contributed by atoms with Crippen LogP contribution in [-0.2, 0) is 0 Å². The third-order valence-corrected chi connectivity index (χ3v) is 4.49. The number of nitrogens with zero attached hydrogens (tertiary/aromatic N) is 1. The van der Waals surface area contributed by atoms with Gasteiger partial charge in [-0.3, -0.25) is 4.90 Å². The van der Waals surface area contributed by atoms with Gasteiger partial charge in [0.1, 0.15) is 12.4 Å². The second-order valence-electron chi connectivity index (χ2n) is 5.98. The molecule has 21 heavy (non-hydrogen) atoms. The van der Waals surface area contributed by atoms with Crippen molar-refractivity contribution in [2.45, 2.75) is 31.7 Å². The molecular formula is C18H23NO2. The SMILES string of the molecule is OCCC#Cc1ccc(OCCN2CC3CCC2C3)cc1. The maximum Gasteiger partial charge on any atom is 0.119 e. The van der Waals surface area contributed by atoms with Crippen LogP contribution in [0.4, 0.5) is 0 Å². The van der Waals surface area contributed by atoms with E-state index in [0.717, 1.165) is 36.4 Å². The number of hydrogen-bond acceptors (Lipinski definition) is 3. The highest BCUT2D eigenvalue weighted by atomic mass is 16.5. The van der Waals surface area contributed by atoms with E-state index < -0.39 is 0 Å². The van der Waals surface area contributed by atoms with Crippen LogP contribution in [0.25, 0.3) is 0 Å². The predicted molar refractivity (Wildman–Crippen MR) is 83.2 cm³/mol. The van der Waals surface area contributed by atoms with Crippen LogP contribution in [0.5, 0.6) is 5.75 Å². The van der Waals surface area contributed by atoms with E-state index >= 15 is 0 Å². The fourth-order valence-electron chi connectivity index (χ4n) is 3.44. The number of hydrogen-bond donors (Lipinski definition) is 1. The van der Waals surface area contributed by atoms with Gasteiger partial charge in [0, 0.05) is 31.1 Å². The summed E-state index contributed by atoms with van der Waals surface area (Å²) >= 11 is 0. The molecule has 0 spiro atoms. The van der Waals surface area contributed by atoms with E-state index in [4.69, 9.17) is 9.84 Å². The van der Waals surface area contributed by atoms with Crippen molar-refractivity contribution in [2.24, 2.45) is 5.92 Å². The Morgan fingerprint density at radius 3 is 2.76 bits per heavy atom. The van der Waals surface area contributed by atoms with Crippen LogP contribution in [0, 0.1) is 17.8 Å². The first kappa shape index (κ1) is 14.4. The van der Waals surface area contributed by atoms with Gasteiger partial charge in [-0.1, -0.05) is 11.8 Å². The molecule has 1 aliphatic carbocycles. The van der Waals surface area contributed by atoms with Crippen LogP contribution in [0.3, 0.4) is 0 Å². The number of aliphatic hydroxyl groups is 1. The number of ether oxygens (including phenoxy) is 1. The highest BCUT2D eigenvalue weighted by Crippen LogP contribution is 2.36. The van der Waals surface area contributed by atoms with Gasteiger partial charge < -0.3 is 9.84 Å². The van der Waals surface area contributed by atoms with Gasteiger partial charge in [-0.25, -0.2) is 0 Å². The summed E-state index contributed by atoms with van der Waals surface area (Å²) in [4.78, 5) is 2.59. The molecule has 1 aromatic rings. The number of benzene rings is 1. The average Bonchev–Trinajstić information content (AvgIpc) is 3.12. The van der Waals surface area contributed by atoms with Crippen LogP contribution in [-0.4, -0.2) is 42.4 Å². The molecule has 3 rings (SSSR count). The van der Waals surface area contributed by atoms with Crippen molar-refractivity contribution in [1.29, 1.82) is 0 Å². The van der Waals surface area contributed by atoms with E-state index in [1.54, 1.807) is 0 Å². The summed E-state index contributed by atoms with van der Waals surface area (Å²) in [6, 6.07) is 8.70. The Hall–Kier alpha value is -1.50. The zero-order valence-corrected chi connectivity index (χ0v) is 12.4. The summed E-state index contributed by atoms with van der Waals surface area (Å²) in [5.41, 5.74) is 0.965. The minimum absolute atomic E-state index is 0.118. The van der Waals surface area contributed by atoms with Gasteiger partial charge in [0.2, 0.25) is 0 Å². The molecule has 1 aliphatic heterocycles. The van der Waals surface area contributed by atoms with Crippen molar-refractivity contribution in [1.82, 2.24) is 4.90 Å². The lowest BCUT2D eigenvalue weighted by atomic mass is 10.1. The van der Waals surface area contributed by atoms with E-state index in [9.17, 15) is 0 Å². The molecule has 0 radical (unpaired) electrons. The van der Waals surface area contributed by atoms with Crippen LogP contribution in [0.2, 0.25) is 0 Å². The molecule has 2 unspecified atom stereocenters. The first-order chi connectivity index (χ1) is 10.3. The lowest BCUT2D eigenvalue weighted by Gasteiger charge is -2.26. The minimum atomic E-state index is 0.118. The van der Waals surface area contributed by atoms with Gasteiger partial charge in [0.05, 0.1) is 6.61 Å². The zero-order valence-electron chi connectivity index (χ0n) is 12.4. The summed E-state index contributed by atoms with van der Waals surface area (Å²) in [6.45, 7) is 3.19. The molecule has 0 aromatic heterocycles. The third-order valence-electron chi connectivity index (χ3n) is 4.49. The standard InChI is InChI=1S/C18H23NO2/c20-11-2-1-3-15-5-8-18(9-6-15)21-12-10-19-14-16-4-7-17(19)13-16/h5-6,8-9,16-17,20H,2,4,7,10-14H2. The minimum Gasteiger partial charge on any atom is -0.492 e. The largest absolute Gasteiger partial charge is 0.492 e. The van der Waals surface area contributed by atoms with Crippen molar-refractivity contribution >= 4 is 0 Å². The number of fused-ring (bicyclic) bond motifs is 2. The molecule has 1 N–H and O–H groups in total. The van der Waals surface area contributed by atoms with Gasteiger partial charge in [-0.05, 0) is 49.4 Å². The molecule has 1 aromatic carbocycles. The topological polar surface area (TPSA) is 32.7 Å². The lowest BCUT2D eigenvalue weighted by molar-refractivity contribution is 0.172. The highest BCUT2D eigenvalue weighted by Gasteiger charge is 2.37. The summed E-state index contributed by atoms with van der Waals surface area (Å²) < 4.78 is 5.83. The van der Waals surface area contributed by atoms with Gasteiger partial charge in [-0.2, -0.15) is 0 Å². The number of likely N-dealkylation sites (tertiary alicyclic amines) is 1. The van der Waals surface area contributed by atoms with E-state index in [1.807, 2.05) is 24.3 Å². The van der Waals surface area contributed by atoms with Crippen molar-refractivity contribution < 1.29 is 9.84 Å². The van der Waals surface area contributed by atoms with E-state index in [0.29, 0.717) is 6.42 Å². The molecule has 2 aliphatic rings. The zero-order chi connectivity index (χ0) is 14.5. The third kappa shape index (κ3) is 3.78. The van der Waals surface area contributed by atoms with Gasteiger partial charge >= 0.3 is 0 Å². The Bertz CT molecular complexity index is 514. The Balaban J connectivity index is 1.42. The normalized spacial score (nSPS) is 23.9. The Kier molecular flexibility index (Phi) is 4.80. The molecule has 1 saturated heterocycles. The first-order valence-corrected chi connectivity index (χ1v) is 7.92. The summed E-state index contributed by atoms with van der Waals surface area (Å²) in [6.07, 6.45) is 4.74. The number of aliphatic hydroxyl groups excluding tert-OH is 1. The molecule has 2 atom stereocenters. The number of piperidine rings is 1. The molecule has 3 heteroatoms. The summed E-state index contributed by atoms with van der Waals surface area (Å²) in [5.74, 6) is 7.80. The van der Waals surface area contributed by atoms with Crippen LogP contribution in [0.15, 0.2) is 24.3 Å². The van der Waals surface area contributed by atoms with Crippen LogP contribution < -0.4 is 4.74 Å². The van der Waals surface area contributed by atoms with Gasteiger partial charge in [0.15, 0.2) is 0 Å². The second-order valence-corrected chi connectivity index (χ2v) is 5.98. The van der Waals surface area contributed by atoms with Gasteiger partial charge in [-0.15, -0.1) is 0 Å². The van der Waals surface area contributed by atoms with Crippen molar-refractivity contribution in [3.05, 3.63) is 29.8 Å². The second kappa shape index (κ2) is 6.98. The van der Waals surface area contributed by atoms with Crippen molar-refractivity contribution in [2.75, 3.05) is 26.3 Å². The summed E-state index contributed by atoms with van der Waals surface area (Å²) in [5, 5.41) is 8.69. The molecule has 0 amide bonds. The average molecular weight is 285 g/mol. The molecule has 2 bridgehead atoms. The van der Waals surface area contributed by atoms with Crippen LogP contribution in [0.1, 0.15) is 31.2 Å². The predicted octanol–water partition coefficient (Wildman–Crippen LogP) is 2.28. The van der Waals surface area contributed by atoms with E-state index in [2.05, 4.69) is 16.7 Å². The first-order valence-electron chi connectivity index (χ1n) is 7.92. The molecule has 1 heterocycles. The van der Waals surface area contributed by atoms with E-state index in [1.165, 1.54) is 25.8 Å². The number of rotatable bonds is 5. The highest BCUT2D eigenvalue weighted by molar-refractivity contribution is 5.38. The van der Waals surface area contributed by atoms with E-state index in [-0.39, 0.29) is 6.61 Å². The summed E-state index contributed by atoms with van der Waals surface area (Å²) in [7, 11) is 0. The Morgan fingerprint density at radius 1 is 1.24 bits per heavy atom. The van der Waals surface area contributed by atoms with Crippen LogP contribution >= 0.6 is 0 Å². The Morgan fingerprint density at radius 2 is 2.10 bits per heavy atom. The molecule has 2 fully saturated rings. The maximum absolute atomic E-state index is 8.69. The maximum atomic E-state index is 8.69. The lowest BCUT2D eigenvalue weighted by Crippen LogP contribution is -2.35. The van der Waals surface area contributed by atoms with Crippen molar-refractivity contribution in [3.8, 4) is 17.6 Å². The Labute approximate surface area is 126 Å². The smallest absolute Gasteiger partial charge is 0.119 e. The van der Waals surface area contributed by atoms with Gasteiger partial charge in [0.25, 0.3) is 0 Å². The quantitative estimate of drug-likeness (QED) is 0.843. The monoisotopic (exact) mass is 285 g/mol.